The Morgan fingerprint density at radius 1 is 1.44 bits per heavy atom. The standard InChI is InChI=1S/C15H16ClF3N4O3S/c1-23-8-10(27(26)22-12(3-5-24)15(17,18)19)7-11(23)14(25)21-9-2-4-20-13(16)6-9/h2,4,6-8,12,22,24H,3,5H2,1H3,(H,20,21,25). The maximum Gasteiger partial charge on any atom is 0.404 e. The Hall–Kier alpha value is -1.95. The number of anilines is 1. The zero-order chi connectivity index (χ0) is 20.2. The molecule has 12 heteroatoms. The van der Waals surface area contributed by atoms with Gasteiger partial charge in [0.15, 0.2) is 0 Å². The Morgan fingerprint density at radius 2 is 2.15 bits per heavy atom. The molecule has 27 heavy (non-hydrogen) atoms. The van der Waals surface area contributed by atoms with E-state index < -0.39 is 42.1 Å². The van der Waals surface area contributed by atoms with Gasteiger partial charge in [0.1, 0.15) is 27.9 Å². The monoisotopic (exact) mass is 424 g/mol. The molecule has 2 heterocycles. The minimum absolute atomic E-state index is 0.0115. The molecule has 0 fully saturated rings. The number of pyridine rings is 1. The molecule has 2 rings (SSSR count). The largest absolute Gasteiger partial charge is 0.404 e. The molecule has 2 unspecified atom stereocenters. The van der Waals surface area contributed by atoms with E-state index in [-0.39, 0.29) is 15.7 Å². The van der Waals surface area contributed by atoms with Crippen molar-refractivity contribution in [2.45, 2.75) is 23.5 Å². The zero-order valence-corrected chi connectivity index (χ0v) is 15.5. The number of hydrogen-bond acceptors (Lipinski definition) is 4. The van der Waals surface area contributed by atoms with Gasteiger partial charge in [-0.15, -0.1) is 0 Å². The highest BCUT2D eigenvalue weighted by Crippen LogP contribution is 2.24. The van der Waals surface area contributed by atoms with Crippen molar-refractivity contribution in [2.75, 3.05) is 11.9 Å². The molecule has 0 saturated heterocycles. The van der Waals surface area contributed by atoms with E-state index in [4.69, 9.17) is 16.7 Å². The molecule has 0 saturated carbocycles. The van der Waals surface area contributed by atoms with Gasteiger partial charge in [0.05, 0.1) is 4.90 Å². The van der Waals surface area contributed by atoms with E-state index in [2.05, 4.69) is 10.3 Å². The number of nitrogens with one attached hydrogen (secondary N) is 2. The van der Waals surface area contributed by atoms with E-state index in [1.54, 1.807) is 0 Å². The molecule has 1 amide bonds. The van der Waals surface area contributed by atoms with Gasteiger partial charge in [-0.25, -0.2) is 13.9 Å². The highest BCUT2D eigenvalue weighted by atomic mass is 35.5. The Morgan fingerprint density at radius 3 is 2.74 bits per heavy atom. The smallest absolute Gasteiger partial charge is 0.396 e. The van der Waals surface area contributed by atoms with Crippen LogP contribution in [0.5, 0.6) is 0 Å². The molecule has 0 aliphatic carbocycles. The molecule has 7 nitrogen and oxygen atoms in total. The first-order valence-corrected chi connectivity index (χ1v) is 9.09. The number of alkyl halides is 3. The number of aryl methyl sites for hydroxylation is 1. The maximum atomic E-state index is 12.9. The molecular weight excluding hydrogens is 409 g/mol. The highest BCUT2D eigenvalue weighted by molar-refractivity contribution is 7.83. The number of halogens is 4. The average molecular weight is 425 g/mol. The Balaban J connectivity index is 2.14. The van der Waals surface area contributed by atoms with Crippen LogP contribution >= 0.6 is 11.6 Å². The second kappa shape index (κ2) is 8.83. The highest BCUT2D eigenvalue weighted by Gasteiger charge is 2.40. The second-order valence-corrected chi connectivity index (χ2v) is 7.12. The lowest BCUT2D eigenvalue weighted by Crippen LogP contribution is -2.43. The van der Waals surface area contributed by atoms with Crippen molar-refractivity contribution >= 4 is 34.2 Å². The van der Waals surface area contributed by atoms with Crippen LogP contribution in [-0.4, -0.2) is 43.6 Å². The van der Waals surface area contributed by atoms with Crippen LogP contribution in [0.4, 0.5) is 18.9 Å². The van der Waals surface area contributed by atoms with Crippen LogP contribution in [0.2, 0.25) is 5.15 Å². The van der Waals surface area contributed by atoms with E-state index in [0.29, 0.717) is 5.69 Å². The summed E-state index contributed by atoms with van der Waals surface area (Å²) in [5.41, 5.74) is 0.459. The molecule has 0 aliphatic heterocycles. The molecule has 0 aliphatic rings. The van der Waals surface area contributed by atoms with Crippen LogP contribution in [0.15, 0.2) is 35.5 Å². The Bertz CT molecular complexity index is 844. The number of rotatable bonds is 7. The van der Waals surface area contributed by atoms with Crippen LogP contribution in [0.1, 0.15) is 16.9 Å². The molecule has 0 spiro atoms. The second-order valence-electron chi connectivity index (χ2n) is 5.49. The summed E-state index contributed by atoms with van der Waals surface area (Å²) in [5.74, 6) is -0.564. The van der Waals surface area contributed by atoms with Crippen molar-refractivity contribution in [1.82, 2.24) is 14.3 Å². The number of aliphatic hydroxyl groups is 1. The fourth-order valence-corrected chi connectivity index (χ4v) is 3.44. The van der Waals surface area contributed by atoms with Crippen LogP contribution in [0, 0.1) is 0 Å². The van der Waals surface area contributed by atoms with Crippen LogP contribution in [0.25, 0.3) is 0 Å². The summed E-state index contributed by atoms with van der Waals surface area (Å²) in [6, 6.07) is 2.01. The normalized spacial score (nSPS) is 14.0. The first-order chi connectivity index (χ1) is 12.6. The van der Waals surface area contributed by atoms with Crippen LogP contribution in [-0.2, 0) is 18.0 Å². The lowest BCUT2D eigenvalue weighted by Gasteiger charge is -2.19. The first kappa shape index (κ1) is 21.4. The van der Waals surface area contributed by atoms with Gasteiger partial charge < -0.3 is 15.0 Å². The summed E-state index contributed by atoms with van der Waals surface area (Å²) < 4.78 is 54.1. The summed E-state index contributed by atoms with van der Waals surface area (Å²) in [4.78, 5) is 16.1. The molecular formula is C15H16ClF3N4O3S. The molecule has 0 bridgehead atoms. The zero-order valence-electron chi connectivity index (χ0n) is 14.0. The summed E-state index contributed by atoms with van der Waals surface area (Å²) in [7, 11) is -0.740. The average Bonchev–Trinajstić information content (AvgIpc) is 2.95. The van der Waals surface area contributed by atoms with Gasteiger partial charge in [-0.05, 0) is 24.6 Å². The molecule has 0 radical (unpaired) electrons. The summed E-state index contributed by atoms with van der Waals surface area (Å²) in [5, 5.41) is 11.5. The molecule has 2 aromatic heterocycles. The predicted octanol–water partition coefficient (Wildman–Crippen LogP) is 2.25. The topological polar surface area (TPSA) is 96.3 Å². The number of amides is 1. The van der Waals surface area contributed by atoms with Crippen molar-refractivity contribution in [1.29, 1.82) is 0 Å². The summed E-state index contributed by atoms with van der Waals surface area (Å²) in [6.45, 7) is -0.717. The lowest BCUT2D eigenvalue weighted by atomic mass is 10.2. The molecule has 0 aromatic carbocycles. The fraction of sp³-hybridized carbons (Fsp3) is 0.333. The van der Waals surface area contributed by atoms with E-state index in [1.807, 2.05) is 4.72 Å². The van der Waals surface area contributed by atoms with E-state index in [9.17, 15) is 22.2 Å². The van der Waals surface area contributed by atoms with Gasteiger partial charge in [0.2, 0.25) is 0 Å². The SMILES string of the molecule is Cn1cc(S(=O)NC(CCO)C(F)(F)F)cc1C(=O)Nc1ccnc(Cl)c1. The van der Waals surface area contributed by atoms with Crippen molar-refractivity contribution in [2.24, 2.45) is 7.05 Å². The third-order valence-electron chi connectivity index (χ3n) is 3.47. The van der Waals surface area contributed by atoms with Crippen LogP contribution in [0.3, 0.4) is 0 Å². The first-order valence-electron chi connectivity index (χ1n) is 7.56. The van der Waals surface area contributed by atoms with Gasteiger partial charge in [0, 0.05) is 31.7 Å². The van der Waals surface area contributed by atoms with E-state index in [1.165, 1.54) is 42.2 Å². The quantitative estimate of drug-likeness (QED) is 0.594. The molecule has 148 valence electrons. The van der Waals surface area contributed by atoms with Gasteiger partial charge in [-0.1, -0.05) is 11.6 Å². The molecule has 3 N–H and O–H groups in total. The van der Waals surface area contributed by atoms with Gasteiger partial charge >= 0.3 is 6.18 Å². The van der Waals surface area contributed by atoms with Crippen molar-refractivity contribution in [3.8, 4) is 0 Å². The molecule has 2 atom stereocenters. The minimum atomic E-state index is -4.67. The van der Waals surface area contributed by atoms with Gasteiger partial charge in [-0.2, -0.15) is 13.2 Å². The summed E-state index contributed by atoms with van der Waals surface area (Å²) >= 11 is 5.74. The van der Waals surface area contributed by atoms with Gasteiger partial charge in [-0.3, -0.25) is 4.79 Å². The lowest BCUT2D eigenvalue weighted by molar-refractivity contribution is -0.154. The number of hydrogen-bond donors (Lipinski definition) is 3. The third-order valence-corrected chi connectivity index (χ3v) is 4.83. The Kier molecular flexibility index (Phi) is 6.98. The van der Waals surface area contributed by atoms with Crippen molar-refractivity contribution in [3.05, 3.63) is 41.4 Å². The van der Waals surface area contributed by atoms with Crippen LogP contribution < -0.4 is 10.0 Å². The fourth-order valence-electron chi connectivity index (χ4n) is 2.15. The summed E-state index contributed by atoms with van der Waals surface area (Å²) in [6.07, 6.45) is -2.64. The molecule has 2 aromatic rings. The number of carbonyl (C=O) groups excluding carboxylic acids is 1. The number of nitrogens with zero attached hydrogens (tertiary/aromatic N) is 2. The Labute approximate surface area is 160 Å². The maximum absolute atomic E-state index is 12.9. The number of aromatic nitrogens is 2. The van der Waals surface area contributed by atoms with Crippen molar-refractivity contribution < 1.29 is 27.3 Å². The van der Waals surface area contributed by atoms with Crippen molar-refractivity contribution in [3.63, 3.8) is 0 Å². The number of aliphatic hydroxyl groups excluding tert-OH is 1. The third kappa shape index (κ3) is 5.76. The van der Waals surface area contributed by atoms with Gasteiger partial charge in [0.25, 0.3) is 5.91 Å². The predicted molar refractivity (Wildman–Crippen MR) is 93.7 cm³/mol. The van der Waals surface area contributed by atoms with E-state index >= 15 is 0 Å². The van der Waals surface area contributed by atoms with E-state index in [0.717, 1.165) is 0 Å². The minimum Gasteiger partial charge on any atom is -0.396 e. The number of carbonyl (C=O) groups is 1.